The normalized spacial score (nSPS) is 15.3. The topological polar surface area (TPSA) is 66.9 Å². The van der Waals surface area contributed by atoms with E-state index in [0.717, 1.165) is 48.6 Å². The van der Waals surface area contributed by atoms with Crippen LogP contribution in [0.1, 0.15) is 35.2 Å². The lowest BCUT2D eigenvalue weighted by molar-refractivity contribution is 0.0952. The van der Waals surface area contributed by atoms with Gasteiger partial charge in [-0.15, -0.1) is 0 Å². The molecule has 0 saturated carbocycles. The Morgan fingerprint density at radius 2 is 2.00 bits per heavy atom. The van der Waals surface area contributed by atoms with Gasteiger partial charge in [0.25, 0.3) is 0 Å². The molecule has 1 aromatic heterocycles. The number of anilines is 2. The Morgan fingerprint density at radius 1 is 1.26 bits per heavy atom. The maximum absolute atomic E-state index is 12.4. The van der Waals surface area contributed by atoms with Crippen LogP contribution in [-0.2, 0) is 0 Å². The summed E-state index contributed by atoms with van der Waals surface area (Å²) >= 11 is 0. The van der Waals surface area contributed by atoms with E-state index in [9.17, 15) is 4.79 Å². The highest BCUT2D eigenvalue weighted by Gasteiger charge is 2.17. The number of piperidine rings is 1. The molecule has 120 valence electrons. The molecule has 2 aromatic rings. The van der Waals surface area contributed by atoms with E-state index in [0.29, 0.717) is 12.3 Å². The highest BCUT2D eigenvalue weighted by atomic mass is 16.1. The van der Waals surface area contributed by atoms with E-state index in [-0.39, 0.29) is 5.78 Å². The number of hydrogen-bond donors (Lipinski definition) is 2. The number of carbonyl (C=O) groups is 1. The van der Waals surface area contributed by atoms with Gasteiger partial charge in [0.05, 0.1) is 0 Å². The van der Waals surface area contributed by atoms with Crippen molar-refractivity contribution in [2.45, 2.75) is 26.2 Å². The van der Waals surface area contributed by atoms with Gasteiger partial charge in [0.1, 0.15) is 12.1 Å². The molecule has 0 spiro atoms. The zero-order valence-corrected chi connectivity index (χ0v) is 13.4. The minimum Gasteiger partial charge on any atom is -0.340 e. The van der Waals surface area contributed by atoms with Crippen LogP contribution in [0.4, 0.5) is 11.5 Å². The van der Waals surface area contributed by atoms with Gasteiger partial charge in [0, 0.05) is 29.4 Å². The van der Waals surface area contributed by atoms with Crippen LogP contribution >= 0.6 is 0 Å². The predicted octanol–water partition coefficient (Wildman–Crippen LogP) is 3.10. The molecular formula is C18H22N4O. The van der Waals surface area contributed by atoms with E-state index < -0.39 is 0 Å². The summed E-state index contributed by atoms with van der Waals surface area (Å²) in [5.74, 6) is 1.54. The molecule has 1 aliphatic rings. The average molecular weight is 310 g/mol. The summed E-state index contributed by atoms with van der Waals surface area (Å²) < 4.78 is 0. The molecule has 1 saturated heterocycles. The Balaban J connectivity index is 1.62. The molecule has 1 aliphatic heterocycles. The van der Waals surface area contributed by atoms with Crippen molar-refractivity contribution < 1.29 is 4.79 Å². The second kappa shape index (κ2) is 7.33. The monoisotopic (exact) mass is 310 g/mol. The van der Waals surface area contributed by atoms with E-state index in [1.807, 2.05) is 31.2 Å². The zero-order valence-electron chi connectivity index (χ0n) is 13.4. The van der Waals surface area contributed by atoms with E-state index in [1.165, 1.54) is 6.33 Å². The highest BCUT2D eigenvalue weighted by molar-refractivity contribution is 5.96. The first kappa shape index (κ1) is 15.6. The lowest BCUT2D eigenvalue weighted by Crippen LogP contribution is -2.28. The molecule has 5 nitrogen and oxygen atoms in total. The molecule has 0 radical (unpaired) electrons. The summed E-state index contributed by atoms with van der Waals surface area (Å²) in [6.07, 6.45) is 6.13. The molecule has 3 rings (SSSR count). The van der Waals surface area contributed by atoms with Crippen LogP contribution in [0, 0.1) is 12.8 Å². The van der Waals surface area contributed by atoms with Crippen LogP contribution in [-0.4, -0.2) is 28.8 Å². The van der Waals surface area contributed by atoms with Crippen LogP contribution in [0.25, 0.3) is 0 Å². The number of nitrogens with zero attached hydrogens (tertiary/aromatic N) is 2. The van der Waals surface area contributed by atoms with Crippen LogP contribution in [0.15, 0.2) is 36.8 Å². The summed E-state index contributed by atoms with van der Waals surface area (Å²) in [5.41, 5.74) is 2.69. The second-order valence-electron chi connectivity index (χ2n) is 6.08. The van der Waals surface area contributed by atoms with E-state index in [2.05, 4.69) is 20.6 Å². The average Bonchev–Trinajstić information content (AvgIpc) is 2.58. The van der Waals surface area contributed by atoms with Crippen LogP contribution < -0.4 is 10.6 Å². The Kier molecular flexibility index (Phi) is 4.98. The van der Waals surface area contributed by atoms with E-state index in [1.54, 1.807) is 6.20 Å². The van der Waals surface area contributed by atoms with Crippen molar-refractivity contribution in [3.63, 3.8) is 0 Å². The van der Waals surface area contributed by atoms with Crippen molar-refractivity contribution in [3.05, 3.63) is 47.9 Å². The van der Waals surface area contributed by atoms with Crippen molar-refractivity contribution in [1.29, 1.82) is 0 Å². The maximum atomic E-state index is 12.4. The third-order valence-electron chi connectivity index (χ3n) is 4.30. The maximum Gasteiger partial charge on any atom is 0.163 e. The van der Waals surface area contributed by atoms with Gasteiger partial charge in [-0.05, 0) is 63.0 Å². The van der Waals surface area contributed by atoms with Gasteiger partial charge < -0.3 is 10.6 Å². The number of Topliss-reactive ketones (excluding diaryl/α,β-unsaturated/α-hetero) is 1. The van der Waals surface area contributed by atoms with Gasteiger partial charge in [-0.3, -0.25) is 4.79 Å². The highest BCUT2D eigenvalue weighted by Crippen LogP contribution is 2.21. The number of ketones is 1. The molecule has 23 heavy (non-hydrogen) atoms. The number of aryl methyl sites for hydroxylation is 1. The van der Waals surface area contributed by atoms with Crippen molar-refractivity contribution in [2.75, 3.05) is 18.4 Å². The number of benzene rings is 1. The Bertz CT molecular complexity index is 663. The molecule has 0 amide bonds. The standard InChI is InChI=1S/C18H22N4O/c1-13-11-20-12-21-18(13)22-16-4-2-15(3-5-16)17(23)10-14-6-8-19-9-7-14/h2-5,11-12,14,19H,6-10H2,1H3,(H,20,21,22). The molecular weight excluding hydrogens is 288 g/mol. The van der Waals surface area contributed by atoms with Crippen molar-refractivity contribution in [3.8, 4) is 0 Å². The molecule has 2 N–H and O–H groups in total. The van der Waals surface area contributed by atoms with Crippen LogP contribution in [0.3, 0.4) is 0 Å². The molecule has 1 fully saturated rings. The fraction of sp³-hybridized carbons (Fsp3) is 0.389. The first-order valence-electron chi connectivity index (χ1n) is 8.10. The lowest BCUT2D eigenvalue weighted by atomic mass is 9.90. The summed E-state index contributed by atoms with van der Waals surface area (Å²) in [6.45, 7) is 4.01. The number of aromatic nitrogens is 2. The minimum absolute atomic E-state index is 0.238. The van der Waals surface area contributed by atoms with Crippen molar-refractivity contribution >= 4 is 17.3 Å². The smallest absolute Gasteiger partial charge is 0.163 e. The van der Waals surface area contributed by atoms with Gasteiger partial charge in [-0.2, -0.15) is 0 Å². The third-order valence-corrected chi connectivity index (χ3v) is 4.30. The van der Waals surface area contributed by atoms with Crippen molar-refractivity contribution in [2.24, 2.45) is 5.92 Å². The first-order chi connectivity index (χ1) is 11.2. The first-order valence-corrected chi connectivity index (χ1v) is 8.10. The Hall–Kier alpha value is -2.27. The molecule has 2 heterocycles. The number of carbonyl (C=O) groups excluding carboxylic acids is 1. The second-order valence-corrected chi connectivity index (χ2v) is 6.08. The van der Waals surface area contributed by atoms with Crippen molar-refractivity contribution in [1.82, 2.24) is 15.3 Å². The van der Waals surface area contributed by atoms with E-state index >= 15 is 0 Å². The molecule has 1 aromatic carbocycles. The van der Waals surface area contributed by atoms with Gasteiger partial charge >= 0.3 is 0 Å². The number of nitrogens with one attached hydrogen (secondary N) is 2. The molecule has 0 atom stereocenters. The lowest BCUT2D eigenvalue weighted by Gasteiger charge is -2.21. The largest absolute Gasteiger partial charge is 0.340 e. The molecule has 0 bridgehead atoms. The third kappa shape index (κ3) is 4.13. The Morgan fingerprint density at radius 3 is 2.70 bits per heavy atom. The zero-order chi connectivity index (χ0) is 16.1. The fourth-order valence-corrected chi connectivity index (χ4v) is 2.87. The molecule has 5 heteroatoms. The fourth-order valence-electron chi connectivity index (χ4n) is 2.87. The predicted molar refractivity (Wildman–Crippen MR) is 91.0 cm³/mol. The summed E-state index contributed by atoms with van der Waals surface area (Å²) in [6, 6.07) is 7.64. The molecule has 0 aliphatic carbocycles. The SMILES string of the molecule is Cc1cncnc1Nc1ccc(C(=O)CC2CCNCC2)cc1. The number of rotatable bonds is 5. The Labute approximate surface area is 136 Å². The molecule has 0 unspecified atom stereocenters. The quantitative estimate of drug-likeness (QED) is 0.831. The number of hydrogen-bond acceptors (Lipinski definition) is 5. The summed E-state index contributed by atoms with van der Waals surface area (Å²) in [4.78, 5) is 20.6. The minimum atomic E-state index is 0.238. The van der Waals surface area contributed by atoms with Crippen LogP contribution in [0.5, 0.6) is 0 Å². The van der Waals surface area contributed by atoms with Gasteiger partial charge in [-0.1, -0.05) is 0 Å². The summed E-state index contributed by atoms with van der Waals surface area (Å²) in [7, 11) is 0. The van der Waals surface area contributed by atoms with Gasteiger partial charge in [-0.25, -0.2) is 9.97 Å². The van der Waals surface area contributed by atoms with Crippen LogP contribution in [0.2, 0.25) is 0 Å². The summed E-state index contributed by atoms with van der Waals surface area (Å²) in [5, 5.41) is 6.58. The van der Waals surface area contributed by atoms with E-state index in [4.69, 9.17) is 0 Å². The van der Waals surface area contributed by atoms with Gasteiger partial charge in [0.15, 0.2) is 5.78 Å². The van der Waals surface area contributed by atoms with Gasteiger partial charge in [0.2, 0.25) is 0 Å².